The number of hydrogen-bond acceptors (Lipinski definition) is 5. The quantitative estimate of drug-likeness (QED) is 0.834. The maximum Gasteiger partial charge on any atom is 0.205 e. The Morgan fingerprint density at radius 2 is 2.27 bits per heavy atom. The number of aromatic nitrogens is 2. The average Bonchev–Trinajstić information content (AvgIpc) is 2.70. The van der Waals surface area contributed by atoms with Gasteiger partial charge in [-0.2, -0.15) is 4.37 Å². The van der Waals surface area contributed by atoms with Crippen LogP contribution in [0.4, 0.5) is 5.13 Å². The van der Waals surface area contributed by atoms with Crippen molar-refractivity contribution in [3.63, 3.8) is 0 Å². The number of aliphatic hydroxyl groups is 1. The molecule has 0 bridgehead atoms. The fourth-order valence-electron chi connectivity index (χ4n) is 1.70. The summed E-state index contributed by atoms with van der Waals surface area (Å²) in [7, 11) is 0. The SMILES string of the molecule is CC(C)c1nsc(N2CCC(C)(O)C2)n1. The zero-order valence-electron chi connectivity index (χ0n) is 9.40. The summed E-state index contributed by atoms with van der Waals surface area (Å²) in [5.74, 6) is 1.28. The summed E-state index contributed by atoms with van der Waals surface area (Å²) in [6, 6.07) is 0. The molecule has 0 radical (unpaired) electrons. The summed E-state index contributed by atoms with van der Waals surface area (Å²) in [6.07, 6.45) is 0.809. The number of rotatable bonds is 2. The van der Waals surface area contributed by atoms with E-state index in [4.69, 9.17) is 0 Å². The van der Waals surface area contributed by atoms with Crippen molar-refractivity contribution in [3.8, 4) is 0 Å². The van der Waals surface area contributed by atoms with E-state index in [0.29, 0.717) is 12.5 Å². The van der Waals surface area contributed by atoms with E-state index in [1.165, 1.54) is 11.5 Å². The third-order valence-corrected chi connectivity index (χ3v) is 3.46. The van der Waals surface area contributed by atoms with Gasteiger partial charge in [0.15, 0.2) is 0 Å². The van der Waals surface area contributed by atoms with E-state index < -0.39 is 5.60 Å². The molecule has 1 aromatic rings. The molecule has 5 heteroatoms. The molecule has 2 heterocycles. The van der Waals surface area contributed by atoms with Crippen molar-refractivity contribution in [1.29, 1.82) is 0 Å². The number of anilines is 1. The van der Waals surface area contributed by atoms with Crippen LogP contribution in [-0.2, 0) is 0 Å². The molecule has 1 unspecified atom stereocenters. The van der Waals surface area contributed by atoms with Crippen LogP contribution < -0.4 is 4.90 Å². The van der Waals surface area contributed by atoms with Crippen molar-refractivity contribution in [2.75, 3.05) is 18.0 Å². The monoisotopic (exact) mass is 227 g/mol. The van der Waals surface area contributed by atoms with Crippen LogP contribution in [0.3, 0.4) is 0 Å². The van der Waals surface area contributed by atoms with E-state index >= 15 is 0 Å². The van der Waals surface area contributed by atoms with Crippen molar-refractivity contribution in [2.45, 2.75) is 38.7 Å². The summed E-state index contributed by atoms with van der Waals surface area (Å²) in [6.45, 7) is 7.59. The molecule has 0 saturated carbocycles. The minimum absolute atomic E-state index is 0.373. The number of nitrogens with zero attached hydrogens (tertiary/aromatic N) is 3. The van der Waals surface area contributed by atoms with E-state index in [9.17, 15) is 5.11 Å². The van der Waals surface area contributed by atoms with E-state index in [2.05, 4.69) is 28.1 Å². The van der Waals surface area contributed by atoms with Crippen LogP contribution in [0.5, 0.6) is 0 Å². The molecule has 1 aliphatic rings. The first-order valence-electron chi connectivity index (χ1n) is 5.29. The van der Waals surface area contributed by atoms with Gasteiger partial charge >= 0.3 is 0 Å². The van der Waals surface area contributed by atoms with Gasteiger partial charge in [0.25, 0.3) is 0 Å². The largest absolute Gasteiger partial charge is 0.388 e. The molecule has 0 amide bonds. The molecule has 2 rings (SSSR count). The molecule has 1 atom stereocenters. The maximum absolute atomic E-state index is 9.86. The molecule has 1 saturated heterocycles. The molecule has 0 aliphatic carbocycles. The molecule has 15 heavy (non-hydrogen) atoms. The third kappa shape index (κ3) is 2.29. The minimum Gasteiger partial charge on any atom is -0.388 e. The van der Waals surface area contributed by atoms with Gasteiger partial charge in [-0.15, -0.1) is 0 Å². The molecule has 0 aromatic carbocycles. The maximum atomic E-state index is 9.86. The van der Waals surface area contributed by atoms with Crippen LogP contribution >= 0.6 is 11.5 Å². The van der Waals surface area contributed by atoms with Gasteiger partial charge in [0.1, 0.15) is 5.82 Å². The smallest absolute Gasteiger partial charge is 0.205 e. The molecule has 84 valence electrons. The Balaban J connectivity index is 2.11. The van der Waals surface area contributed by atoms with Crippen molar-refractivity contribution in [2.24, 2.45) is 0 Å². The Bertz CT molecular complexity index is 348. The van der Waals surface area contributed by atoms with Crippen LogP contribution in [0, 0.1) is 0 Å². The summed E-state index contributed by atoms with van der Waals surface area (Å²) in [5.41, 5.74) is -0.566. The molecule has 0 spiro atoms. The normalized spacial score (nSPS) is 26.6. The Labute approximate surface area is 94.1 Å². The number of β-amino-alcohol motifs (C(OH)–C–C–N with tert-alkyl or cyclic N) is 1. The Morgan fingerprint density at radius 3 is 2.73 bits per heavy atom. The molecule has 1 fully saturated rings. The molecule has 4 nitrogen and oxygen atoms in total. The number of hydrogen-bond donors (Lipinski definition) is 1. The first-order chi connectivity index (χ1) is 6.98. The Kier molecular flexibility index (Phi) is 2.68. The van der Waals surface area contributed by atoms with Gasteiger partial charge in [0.2, 0.25) is 5.13 Å². The lowest BCUT2D eigenvalue weighted by atomic mass is 10.1. The average molecular weight is 227 g/mol. The zero-order chi connectivity index (χ0) is 11.1. The van der Waals surface area contributed by atoms with Crippen LogP contribution in [0.15, 0.2) is 0 Å². The van der Waals surface area contributed by atoms with Gasteiger partial charge in [-0.1, -0.05) is 13.8 Å². The Morgan fingerprint density at radius 1 is 1.53 bits per heavy atom. The second-order valence-corrected chi connectivity index (χ2v) is 5.49. The third-order valence-electron chi connectivity index (χ3n) is 2.67. The summed E-state index contributed by atoms with van der Waals surface area (Å²) in [5, 5.41) is 10.8. The second kappa shape index (κ2) is 3.72. The van der Waals surface area contributed by atoms with Crippen LogP contribution in [0.1, 0.15) is 38.9 Å². The summed E-state index contributed by atoms with van der Waals surface area (Å²) >= 11 is 1.43. The zero-order valence-corrected chi connectivity index (χ0v) is 10.2. The molecular formula is C10H17N3OS. The molecule has 1 aliphatic heterocycles. The Hall–Kier alpha value is -0.680. The highest BCUT2D eigenvalue weighted by Gasteiger charge is 2.32. The summed E-state index contributed by atoms with van der Waals surface area (Å²) in [4.78, 5) is 6.59. The van der Waals surface area contributed by atoms with Crippen molar-refractivity contribution < 1.29 is 5.11 Å². The van der Waals surface area contributed by atoms with E-state index in [1.807, 2.05) is 6.92 Å². The predicted molar refractivity (Wildman–Crippen MR) is 61.5 cm³/mol. The fourth-order valence-corrected chi connectivity index (χ4v) is 2.53. The van der Waals surface area contributed by atoms with E-state index in [-0.39, 0.29) is 0 Å². The molecular weight excluding hydrogens is 210 g/mol. The highest BCUT2D eigenvalue weighted by molar-refractivity contribution is 7.09. The van der Waals surface area contributed by atoms with Crippen LogP contribution in [-0.4, -0.2) is 33.2 Å². The van der Waals surface area contributed by atoms with Crippen LogP contribution in [0.25, 0.3) is 0 Å². The predicted octanol–water partition coefficient (Wildman–Crippen LogP) is 1.62. The lowest BCUT2D eigenvalue weighted by Crippen LogP contribution is -2.29. The first kappa shape index (κ1) is 10.8. The van der Waals surface area contributed by atoms with E-state index in [0.717, 1.165) is 23.9 Å². The second-order valence-electron chi connectivity index (χ2n) is 4.76. The first-order valence-corrected chi connectivity index (χ1v) is 6.06. The van der Waals surface area contributed by atoms with Crippen molar-refractivity contribution in [3.05, 3.63) is 5.82 Å². The standard InChI is InChI=1S/C10H17N3OS/c1-7(2)8-11-9(15-12-8)13-5-4-10(3,14)6-13/h7,14H,4-6H2,1-3H3. The fraction of sp³-hybridized carbons (Fsp3) is 0.800. The lowest BCUT2D eigenvalue weighted by Gasteiger charge is -2.17. The van der Waals surface area contributed by atoms with Gasteiger partial charge < -0.3 is 10.0 Å². The van der Waals surface area contributed by atoms with Crippen LogP contribution in [0.2, 0.25) is 0 Å². The summed E-state index contributed by atoms with van der Waals surface area (Å²) < 4.78 is 4.32. The van der Waals surface area contributed by atoms with Gasteiger partial charge in [-0.05, 0) is 13.3 Å². The minimum atomic E-state index is -0.566. The lowest BCUT2D eigenvalue weighted by molar-refractivity contribution is 0.0839. The van der Waals surface area contributed by atoms with Gasteiger partial charge in [-0.25, -0.2) is 4.98 Å². The molecule has 1 aromatic heterocycles. The van der Waals surface area contributed by atoms with Crippen molar-refractivity contribution >= 4 is 16.7 Å². The molecule has 1 N–H and O–H groups in total. The van der Waals surface area contributed by atoms with Gasteiger partial charge in [0.05, 0.1) is 5.60 Å². The topological polar surface area (TPSA) is 49.2 Å². The van der Waals surface area contributed by atoms with E-state index in [1.54, 1.807) is 0 Å². The highest BCUT2D eigenvalue weighted by atomic mass is 32.1. The highest BCUT2D eigenvalue weighted by Crippen LogP contribution is 2.28. The van der Waals surface area contributed by atoms with Crippen molar-refractivity contribution in [1.82, 2.24) is 9.36 Å². The van der Waals surface area contributed by atoms with Gasteiger partial charge in [0, 0.05) is 30.5 Å². The van der Waals surface area contributed by atoms with Gasteiger partial charge in [-0.3, -0.25) is 0 Å².